The van der Waals surface area contributed by atoms with Gasteiger partial charge < -0.3 is 0 Å². The Bertz CT molecular complexity index is 584. The molecular weight excluding hydrogens is 314 g/mol. The lowest BCUT2D eigenvalue weighted by molar-refractivity contribution is 0.0519. The van der Waals surface area contributed by atoms with Crippen molar-refractivity contribution in [3.05, 3.63) is 0 Å². The van der Waals surface area contributed by atoms with Crippen LogP contribution in [-0.4, -0.2) is 40.7 Å². The fourth-order valence-electron chi connectivity index (χ4n) is 3.53. The molecule has 0 amide bonds. The molecule has 0 spiro atoms. The van der Waals surface area contributed by atoms with Gasteiger partial charge in [-0.05, 0) is 37.0 Å². The smallest absolute Gasteiger partial charge is 0.273 e. The van der Waals surface area contributed by atoms with Crippen molar-refractivity contribution in [2.45, 2.75) is 36.2 Å². The number of rotatable bonds is 5. The Morgan fingerprint density at radius 2 is 1.70 bits per heavy atom. The molecule has 2 aliphatic rings. The van der Waals surface area contributed by atoms with Crippen molar-refractivity contribution in [1.29, 1.82) is 0 Å². The normalized spacial score (nSPS) is 34.6. The second-order valence-electron chi connectivity index (χ2n) is 5.80. The van der Waals surface area contributed by atoms with Crippen molar-refractivity contribution in [3.8, 4) is 0 Å². The number of alkyl halides is 2. The van der Waals surface area contributed by atoms with E-state index in [4.69, 9.17) is 0 Å². The molecule has 0 aromatic heterocycles. The van der Waals surface area contributed by atoms with Crippen LogP contribution >= 0.6 is 0 Å². The largest absolute Gasteiger partial charge is 0.345 e. The maximum absolute atomic E-state index is 13.6. The summed E-state index contributed by atoms with van der Waals surface area (Å²) < 4.78 is 77.1. The van der Waals surface area contributed by atoms with Crippen LogP contribution in [0.4, 0.5) is 8.78 Å². The average Bonchev–Trinajstić information content (AvgIpc) is 2.86. The van der Waals surface area contributed by atoms with E-state index in [0.717, 1.165) is 7.11 Å². The van der Waals surface area contributed by atoms with Gasteiger partial charge in [-0.15, -0.1) is 0 Å². The summed E-state index contributed by atoms with van der Waals surface area (Å²) >= 11 is 0. The molecule has 2 aliphatic carbocycles. The summed E-state index contributed by atoms with van der Waals surface area (Å²) in [4.78, 5) is 0. The Hall–Kier alpha value is -0.280. The maximum Gasteiger partial charge on any atom is 0.345 e. The molecule has 0 heterocycles. The lowest BCUT2D eigenvalue weighted by Crippen LogP contribution is -2.35. The second-order valence-corrected chi connectivity index (χ2v) is 9.86. The molecule has 0 N–H and O–H groups in total. The van der Waals surface area contributed by atoms with E-state index in [-0.39, 0.29) is 18.3 Å². The standard InChI is InChI=1S/C11H18F2O5S2/c1-18-20(16,17)10-5-7-3-8(10)4-9(7)6-11(12,13)19(2,14)15/h7-10H,3-6H2,1-2H3. The summed E-state index contributed by atoms with van der Waals surface area (Å²) in [6.07, 6.45) is 0.970. The monoisotopic (exact) mass is 332 g/mol. The molecule has 4 unspecified atom stereocenters. The van der Waals surface area contributed by atoms with Crippen LogP contribution in [0.25, 0.3) is 0 Å². The predicted molar refractivity (Wildman–Crippen MR) is 68.4 cm³/mol. The zero-order valence-corrected chi connectivity index (χ0v) is 12.9. The van der Waals surface area contributed by atoms with Gasteiger partial charge in [-0.3, -0.25) is 4.18 Å². The molecule has 2 saturated carbocycles. The molecule has 4 atom stereocenters. The number of hydrogen-bond acceptors (Lipinski definition) is 5. The van der Waals surface area contributed by atoms with Crippen molar-refractivity contribution < 1.29 is 29.8 Å². The molecule has 0 aromatic carbocycles. The molecule has 0 aliphatic heterocycles. The first-order valence-corrected chi connectivity index (χ1v) is 9.71. The highest BCUT2D eigenvalue weighted by molar-refractivity contribution is 7.91. The Kier molecular flexibility index (Phi) is 3.92. The Morgan fingerprint density at radius 3 is 2.10 bits per heavy atom. The first-order valence-electron chi connectivity index (χ1n) is 6.35. The van der Waals surface area contributed by atoms with Crippen LogP contribution in [0.5, 0.6) is 0 Å². The highest BCUT2D eigenvalue weighted by atomic mass is 32.2. The van der Waals surface area contributed by atoms with Crippen LogP contribution < -0.4 is 0 Å². The Morgan fingerprint density at radius 1 is 1.10 bits per heavy atom. The van der Waals surface area contributed by atoms with Gasteiger partial charge in [0.05, 0.1) is 12.4 Å². The van der Waals surface area contributed by atoms with Crippen molar-refractivity contribution >= 4 is 20.0 Å². The lowest BCUT2D eigenvalue weighted by Gasteiger charge is -2.29. The quantitative estimate of drug-likeness (QED) is 0.711. The number of fused-ring (bicyclic) bond motifs is 2. The van der Waals surface area contributed by atoms with Gasteiger partial charge in [0.25, 0.3) is 10.1 Å². The summed E-state index contributed by atoms with van der Waals surface area (Å²) in [5.41, 5.74) is 0. The summed E-state index contributed by atoms with van der Waals surface area (Å²) in [6, 6.07) is 0. The molecule has 20 heavy (non-hydrogen) atoms. The van der Waals surface area contributed by atoms with Crippen LogP contribution in [0, 0.1) is 17.8 Å². The summed E-state index contributed by atoms with van der Waals surface area (Å²) in [5.74, 6) is -0.805. The molecule has 0 saturated heterocycles. The van der Waals surface area contributed by atoms with E-state index in [1.54, 1.807) is 0 Å². The summed E-state index contributed by atoms with van der Waals surface area (Å²) in [6.45, 7) is 0. The molecule has 2 rings (SSSR count). The van der Waals surface area contributed by atoms with Crippen molar-refractivity contribution in [3.63, 3.8) is 0 Å². The third-order valence-electron chi connectivity index (χ3n) is 4.58. The van der Waals surface area contributed by atoms with Gasteiger partial charge in [-0.25, -0.2) is 8.42 Å². The molecule has 5 nitrogen and oxygen atoms in total. The minimum Gasteiger partial charge on any atom is -0.273 e. The Labute approximate surface area is 117 Å². The fourth-order valence-corrected chi connectivity index (χ4v) is 5.47. The number of sulfone groups is 1. The van der Waals surface area contributed by atoms with Gasteiger partial charge in [-0.1, -0.05) is 0 Å². The highest BCUT2D eigenvalue weighted by Gasteiger charge is 2.54. The molecule has 2 fully saturated rings. The Balaban J connectivity index is 2.07. The van der Waals surface area contributed by atoms with Crippen LogP contribution in [0.1, 0.15) is 25.7 Å². The van der Waals surface area contributed by atoms with E-state index in [2.05, 4.69) is 4.18 Å². The van der Waals surface area contributed by atoms with E-state index in [9.17, 15) is 25.6 Å². The van der Waals surface area contributed by atoms with Gasteiger partial charge in [0, 0.05) is 12.7 Å². The van der Waals surface area contributed by atoms with Gasteiger partial charge in [0.1, 0.15) is 0 Å². The third-order valence-corrected chi connectivity index (χ3v) is 7.62. The predicted octanol–water partition coefficient (Wildman–Crippen LogP) is 1.40. The van der Waals surface area contributed by atoms with Crippen molar-refractivity contribution in [2.75, 3.05) is 13.4 Å². The zero-order valence-electron chi connectivity index (χ0n) is 11.3. The highest BCUT2D eigenvalue weighted by Crippen LogP contribution is 2.54. The lowest BCUT2D eigenvalue weighted by atomic mass is 9.86. The first-order chi connectivity index (χ1) is 8.98. The molecule has 2 bridgehead atoms. The van der Waals surface area contributed by atoms with Crippen LogP contribution in [-0.2, 0) is 24.1 Å². The molecule has 0 aromatic rings. The van der Waals surface area contributed by atoms with Gasteiger partial charge >= 0.3 is 5.25 Å². The van der Waals surface area contributed by atoms with Crippen molar-refractivity contribution in [2.24, 2.45) is 17.8 Å². The van der Waals surface area contributed by atoms with E-state index < -0.39 is 42.8 Å². The average molecular weight is 332 g/mol. The van der Waals surface area contributed by atoms with E-state index in [1.165, 1.54) is 0 Å². The minimum absolute atomic E-state index is 0.164. The van der Waals surface area contributed by atoms with E-state index >= 15 is 0 Å². The van der Waals surface area contributed by atoms with E-state index in [1.807, 2.05) is 0 Å². The molecule has 9 heteroatoms. The molecule has 118 valence electrons. The van der Waals surface area contributed by atoms with Crippen LogP contribution in [0.2, 0.25) is 0 Å². The SMILES string of the molecule is COS(=O)(=O)C1CC2CC1CC2CC(F)(F)S(C)(=O)=O. The second kappa shape index (κ2) is 4.88. The first kappa shape index (κ1) is 16.1. The van der Waals surface area contributed by atoms with Gasteiger partial charge in [0.2, 0.25) is 9.84 Å². The molecular formula is C11H18F2O5S2. The fraction of sp³-hybridized carbons (Fsp3) is 1.00. The number of hydrogen-bond donors (Lipinski definition) is 0. The summed E-state index contributed by atoms with van der Waals surface area (Å²) in [5, 5.41) is -4.38. The van der Waals surface area contributed by atoms with Gasteiger partial charge in [0.15, 0.2) is 0 Å². The van der Waals surface area contributed by atoms with Crippen molar-refractivity contribution in [1.82, 2.24) is 0 Å². The number of halogens is 2. The van der Waals surface area contributed by atoms with Crippen LogP contribution in [0.3, 0.4) is 0 Å². The minimum atomic E-state index is -4.43. The third kappa shape index (κ3) is 2.71. The molecule has 0 radical (unpaired) electrons. The van der Waals surface area contributed by atoms with Gasteiger partial charge in [-0.2, -0.15) is 17.2 Å². The maximum atomic E-state index is 13.6. The van der Waals surface area contributed by atoms with E-state index in [0.29, 0.717) is 19.1 Å². The summed E-state index contributed by atoms with van der Waals surface area (Å²) in [7, 11) is -6.97. The zero-order chi connectivity index (χ0) is 15.3. The topological polar surface area (TPSA) is 77.5 Å². The van der Waals surface area contributed by atoms with Crippen LogP contribution in [0.15, 0.2) is 0 Å².